The van der Waals surface area contributed by atoms with Gasteiger partial charge in [0.1, 0.15) is 18.0 Å². The normalized spacial score (nSPS) is 15.6. The highest BCUT2D eigenvalue weighted by molar-refractivity contribution is 5.97. The van der Waals surface area contributed by atoms with Gasteiger partial charge in [0.05, 0.1) is 16.6 Å². The number of anilines is 1. The number of rotatable bonds is 8. The first-order chi connectivity index (χ1) is 19.3. The number of aryl methyl sites for hydroxylation is 1. The minimum atomic E-state index is -1.06. The van der Waals surface area contributed by atoms with Crippen LogP contribution in [0, 0.1) is 24.5 Å². The predicted octanol–water partition coefficient (Wildman–Crippen LogP) is 6.82. The molecule has 0 aliphatic heterocycles. The lowest BCUT2D eigenvalue weighted by molar-refractivity contribution is -0.121. The van der Waals surface area contributed by atoms with Crippen LogP contribution in [-0.4, -0.2) is 33.6 Å². The smallest absolute Gasteiger partial charge is 0.335 e. The van der Waals surface area contributed by atoms with Crippen molar-refractivity contribution in [1.29, 1.82) is 0 Å². The molecule has 40 heavy (non-hydrogen) atoms. The van der Waals surface area contributed by atoms with E-state index in [1.165, 1.54) is 19.2 Å². The number of carbonyl (C=O) groups excluding carboxylic acids is 1. The summed E-state index contributed by atoms with van der Waals surface area (Å²) in [5.74, 6) is -3.17. The number of nitrogens with zero attached hydrogens (tertiary/aromatic N) is 2. The molecule has 1 saturated carbocycles. The lowest BCUT2D eigenvalue weighted by atomic mass is 9.83. The maximum Gasteiger partial charge on any atom is 0.335 e. The number of amides is 1. The maximum absolute atomic E-state index is 14.7. The Bertz CT molecular complexity index is 1550. The van der Waals surface area contributed by atoms with Crippen LogP contribution in [0.4, 0.5) is 14.5 Å². The molecule has 2 N–H and O–H groups in total. The summed E-state index contributed by atoms with van der Waals surface area (Å²) in [6.07, 6.45) is 3.80. The number of benzene rings is 3. The fraction of sp³-hybridized carbons (Fsp3) is 0.323. The first kappa shape index (κ1) is 27.5. The highest BCUT2D eigenvalue weighted by Crippen LogP contribution is 2.40. The quantitative estimate of drug-likeness (QED) is 0.253. The fourth-order valence-corrected chi connectivity index (χ4v) is 5.74. The van der Waals surface area contributed by atoms with Gasteiger partial charge in [-0.2, -0.15) is 0 Å². The van der Waals surface area contributed by atoms with Crippen LogP contribution < -0.4 is 5.32 Å². The Labute approximate surface area is 230 Å². The van der Waals surface area contributed by atoms with E-state index in [4.69, 9.17) is 9.72 Å². The van der Waals surface area contributed by atoms with Crippen molar-refractivity contribution in [3.8, 4) is 0 Å². The van der Waals surface area contributed by atoms with Gasteiger partial charge < -0.3 is 19.7 Å². The zero-order valence-electron chi connectivity index (χ0n) is 22.4. The average Bonchev–Trinajstić information content (AvgIpc) is 3.28. The molecule has 9 heteroatoms. The highest BCUT2D eigenvalue weighted by Gasteiger charge is 2.36. The fourth-order valence-electron chi connectivity index (χ4n) is 5.74. The average molecular weight is 548 g/mol. The molecule has 5 rings (SSSR count). The van der Waals surface area contributed by atoms with E-state index in [9.17, 15) is 23.5 Å². The molecule has 4 aromatic rings. The van der Waals surface area contributed by atoms with E-state index in [2.05, 4.69) is 5.32 Å². The number of carboxylic acids is 1. The molecule has 0 spiro atoms. The van der Waals surface area contributed by atoms with Gasteiger partial charge in [-0.1, -0.05) is 49.6 Å². The number of carboxylic acid groups (broad SMARTS) is 1. The van der Waals surface area contributed by atoms with Crippen LogP contribution in [0.1, 0.15) is 71.6 Å². The Kier molecular flexibility index (Phi) is 7.93. The summed E-state index contributed by atoms with van der Waals surface area (Å²) in [7, 11) is 1.53. The number of fused-ring (bicyclic) bond motifs is 1. The Morgan fingerprint density at radius 2 is 1.73 bits per heavy atom. The van der Waals surface area contributed by atoms with E-state index in [0.29, 0.717) is 22.6 Å². The van der Waals surface area contributed by atoms with Gasteiger partial charge in [-0.25, -0.2) is 18.6 Å². The summed E-state index contributed by atoms with van der Waals surface area (Å²) in [6, 6.07) is 15.2. The number of imidazole rings is 1. The number of halogens is 2. The van der Waals surface area contributed by atoms with Gasteiger partial charge >= 0.3 is 5.97 Å². The number of aromatic carboxylic acids is 1. The molecular weight excluding hydrogens is 516 g/mol. The molecule has 7 nitrogen and oxygen atoms in total. The van der Waals surface area contributed by atoms with Gasteiger partial charge in [0.15, 0.2) is 11.6 Å². The number of methoxy groups -OCH3 is 1. The second kappa shape index (κ2) is 11.6. The molecule has 1 aromatic heterocycles. The Morgan fingerprint density at radius 3 is 2.38 bits per heavy atom. The van der Waals surface area contributed by atoms with Crippen LogP contribution in [-0.2, 0) is 9.53 Å². The molecule has 1 heterocycles. The van der Waals surface area contributed by atoms with Gasteiger partial charge in [0.25, 0.3) is 0 Å². The Morgan fingerprint density at radius 1 is 1.02 bits per heavy atom. The van der Waals surface area contributed by atoms with Crippen LogP contribution in [0.15, 0.2) is 60.7 Å². The van der Waals surface area contributed by atoms with E-state index >= 15 is 0 Å². The van der Waals surface area contributed by atoms with Crippen LogP contribution in [0.5, 0.6) is 0 Å². The molecule has 208 valence electrons. The molecule has 2 atom stereocenters. The van der Waals surface area contributed by atoms with Crippen LogP contribution in [0.25, 0.3) is 11.0 Å². The van der Waals surface area contributed by atoms with Gasteiger partial charge in [-0.3, -0.25) is 4.79 Å². The van der Waals surface area contributed by atoms with E-state index in [1.54, 1.807) is 17.6 Å². The number of ether oxygens (including phenoxy) is 1. The number of hydrogen-bond donors (Lipinski definition) is 2. The van der Waals surface area contributed by atoms with Crippen LogP contribution in [0.3, 0.4) is 0 Å². The van der Waals surface area contributed by atoms with Crippen molar-refractivity contribution in [3.63, 3.8) is 0 Å². The SMILES string of the molecule is CO[C@H](c1ccccc1)c1nc2cc(F)c(F)cc2n1[C@H](C(=O)Nc1ccc(C(=O)O)cc1C)C1CCCCC1. The first-order valence-electron chi connectivity index (χ1n) is 13.4. The topological polar surface area (TPSA) is 93.5 Å². The maximum atomic E-state index is 14.7. The number of nitrogens with one attached hydrogen (secondary N) is 1. The lowest BCUT2D eigenvalue weighted by Gasteiger charge is -2.33. The van der Waals surface area contributed by atoms with E-state index in [1.807, 2.05) is 30.3 Å². The standard InChI is InChI=1S/C31H31F2N3O4/c1-18-15-21(31(38)39)13-14-24(18)35-30(37)27(19-9-5-3-6-10-19)36-26-17-23(33)22(32)16-25(26)34-29(36)28(40-2)20-11-7-4-8-12-20/h4,7-8,11-17,19,27-28H,3,5-6,9-10H2,1-2H3,(H,35,37)(H,38,39)/t27-,28+/m0/s1. The number of aromatic nitrogens is 2. The first-order valence-corrected chi connectivity index (χ1v) is 13.4. The second-order valence-electron chi connectivity index (χ2n) is 10.3. The molecule has 0 unspecified atom stereocenters. The highest BCUT2D eigenvalue weighted by atomic mass is 19.2. The van der Waals surface area contributed by atoms with Gasteiger partial charge in [0, 0.05) is 24.9 Å². The van der Waals surface area contributed by atoms with Crippen molar-refractivity contribution in [2.45, 2.75) is 51.2 Å². The zero-order chi connectivity index (χ0) is 28.4. The second-order valence-corrected chi connectivity index (χ2v) is 10.3. The van der Waals surface area contributed by atoms with Gasteiger partial charge in [-0.05, 0) is 55.0 Å². The van der Waals surface area contributed by atoms with E-state index < -0.39 is 29.7 Å². The van der Waals surface area contributed by atoms with E-state index in [0.717, 1.165) is 49.8 Å². The Hall–Kier alpha value is -4.11. The third kappa shape index (κ3) is 5.34. The number of hydrogen-bond acceptors (Lipinski definition) is 4. The molecule has 0 radical (unpaired) electrons. The molecule has 1 amide bonds. The number of carbonyl (C=O) groups is 2. The molecule has 1 fully saturated rings. The monoisotopic (exact) mass is 547 g/mol. The van der Waals surface area contributed by atoms with Crippen molar-refractivity contribution in [3.05, 3.63) is 94.8 Å². The molecular formula is C31H31F2N3O4. The minimum Gasteiger partial charge on any atom is -0.478 e. The van der Waals surface area contributed by atoms with Gasteiger partial charge in [-0.15, -0.1) is 0 Å². The van der Waals surface area contributed by atoms with Crippen molar-refractivity contribution < 1.29 is 28.2 Å². The third-order valence-corrected chi connectivity index (χ3v) is 7.71. The largest absolute Gasteiger partial charge is 0.478 e. The predicted molar refractivity (Wildman–Crippen MR) is 147 cm³/mol. The van der Waals surface area contributed by atoms with Crippen LogP contribution >= 0.6 is 0 Å². The van der Waals surface area contributed by atoms with Gasteiger partial charge in [0.2, 0.25) is 5.91 Å². The third-order valence-electron chi connectivity index (χ3n) is 7.71. The summed E-state index contributed by atoms with van der Waals surface area (Å²) < 4.78 is 36.6. The van der Waals surface area contributed by atoms with Crippen LogP contribution in [0.2, 0.25) is 0 Å². The van der Waals surface area contributed by atoms with Crippen molar-refractivity contribution in [1.82, 2.24) is 9.55 Å². The summed E-state index contributed by atoms with van der Waals surface area (Å²) in [5, 5.41) is 12.3. The lowest BCUT2D eigenvalue weighted by Crippen LogP contribution is -2.35. The molecule has 1 aliphatic rings. The molecule has 0 bridgehead atoms. The molecule has 0 saturated heterocycles. The van der Waals surface area contributed by atoms with Crippen molar-refractivity contribution >= 4 is 28.6 Å². The minimum absolute atomic E-state index is 0.0927. The Balaban J connectivity index is 1.68. The molecule has 3 aromatic carbocycles. The summed E-state index contributed by atoms with van der Waals surface area (Å²) in [6.45, 7) is 1.73. The summed E-state index contributed by atoms with van der Waals surface area (Å²) in [4.78, 5) is 30.3. The van der Waals surface area contributed by atoms with Crippen molar-refractivity contribution in [2.24, 2.45) is 5.92 Å². The zero-order valence-corrected chi connectivity index (χ0v) is 22.4. The van der Waals surface area contributed by atoms with Crippen molar-refractivity contribution in [2.75, 3.05) is 12.4 Å². The summed E-state index contributed by atoms with van der Waals surface area (Å²) in [5.41, 5.74) is 2.50. The van der Waals surface area contributed by atoms with E-state index in [-0.39, 0.29) is 22.9 Å². The summed E-state index contributed by atoms with van der Waals surface area (Å²) >= 11 is 0. The molecule has 1 aliphatic carbocycles.